The predicted molar refractivity (Wildman–Crippen MR) is 145 cm³/mol. The van der Waals surface area contributed by atoms with Gasteiger partial charge in [-0.05, 0) is 66.3 Å². The molecule has 3 aromatic carbocycles. The standard InChI is InChI=1S/C31H36N2O/c1-4-9-24-10-8-13-30(22-24)33(31(34)28-11-6-5-7-12-28)23-25-14-16-26(17-15-25)27-18-20-29(21-19-27)32(2)3/h4,8-10,13-22,28H,5-7,11-12,23H2,1-3H3/b9-4+. The molecule has 34 heavy (non-hydrogen) atoms. The molecule has 1 aliphatic rings. The molecule has 1 fully saturated rings. The molecule has 0 radical (unpaired) electrons. The number of allylic oxidation sites excluding steroid dienone is 1. The first-order chi connectivity index (χ1) is 16.5. The number of amides is 1. The third-order valence-electron chi connectivity index (χ3n) is 6.77. The van der Waals surface area contributed by atoms with Crippen LogP contribution in [0, 0.1) is 5.92 Å². The number of hydrogen-bond donors (Lipinski definition) is 0. The van der Waals surface area contributed by atoms with Crippen LogP contribution in [-0.4, -0.2) is 20.0 Å². The van der Waals surface area contributed by atoms with Crippen molar-refractivity contribution >= 4 is 23.4 Å². The second kappa shape index (κ2) is 11.2. The van der Waals surface area contributed by atoms with Crippen LogP contribution in [-0.2, 0) is 11.3 Å². The maximum absolute atomic E-state index is 13.7. The van der Waals surface area contributed by atoms with Crippen LogP contribution in [0.15, 0.2) is 78.9 Å². The number of anilines is 2. The van der Waals surface area contributed by atoms with Crippen molar-refractivity contribution in [1.82, 2.24) is 0 Å². The maximum atomic E-state index is 13.7. The summed E-state index contributed by atoms with van der Waals surface area (Å²) in [6.45, 7) is 2.61. The summed E-state index contributed by atoms with van der Waals surface area (Å²) >= 11 is 0. The fourth-order valence-corrected chi connectivity index (χ4v) is 4.79. The van der Waals surface area contributed by atoms with Crippen molar-refractivity contribution in [3.63, 3.8) is 0 Å². The zero-order valence-electron chi connectivity index (χ0n) is 20.7. The Morgan fingerprint density at radius 1 is 0.853 bits per heavy atom. The molecule has 0 atom stereocenters. The first-order valence-electron chi connectivity index (χ1n) is 12.5. The smallest absolute Gasteiger partial charge is 0.230 e. The molecular weight excluding hydrogens is 416 g/mol. The van der Waals surface area contributed by atoms with Gasteiger partial charge in [-0.3, -0.25) is 4.79 Å². The van der Waals surface area contributed by atoms with Crippen molar-refractivity contribution < 1.29 is 4.79 Å². The molecule has 1 saturated carbocycles. The van der Waals surface area contributed by atoms with Gasteiger partial charge in [0.15, 0.2) is 0 Å². The second-order valence-corrected chi connectivity index (χ2v) is 9.49. The minimum absolute atomic E-state index is 0.133. The van der Waals surface area contributed by atoms with Crippen molar-refractivity contribution in [2.75, 3.05) is 23.9 Å². The Balaban J connectivity index is 1.58. The number of benzene rings is 3. The van der Waals surface area contributed by atoms with Crippen molar-refractivity contribution in [2.45, 2.75) is 45.6 Å². The molecule has 0 heterocycles. The van der Waals surface area contributed by atoms with E-state index in [1.54, 1.807) is 0 Å². The lowest BCUT2D eigenvalue weighted by atomic mass is 9.88. The molecular formula is C31H36N2O. The van der Waals surface area contributed by atoms with Gasteiger partial charge in [-0.2, -0.15) is 0 Å². The summed E-state index contributed by atoms with van der Waals surface area (Å²) in [5, 5.41) is 0. The Labute approximate surface area is 204 Å². The van der Waals surface area contributed by atoms with E-state index in [1.165, 1.54) is 23.2 Å². The highest BCUT2D eigenvalue weighted by Gasteiger charge is 2.27. The third-order valence-corrected chi connectivity index (χ3v) is 6.77. The van der Waals surface area contributed by atoms with Gasteiger partial charge in [-0.1, -0.05) is 79.9 Å². The van der Waals surface area contributed by atoms with E-state index in [0.717, 1.165) is 42.5 Å². The number of hydrogen-bond acceptors (Lipinski definition) is 2. The highest BCUT2D eigenvalue weighted by atomic mass is 16.2. The fourth-order valence-electron chi connectivity index (χ4n) is 4.79. The van der Waals surface area contributed by atoms with Crippen molar-refractivity contribution in [2.24, 2.45) is 5.92 Å². The van der Waals surface area contributed by atoms with Crippen molar-refractivity contribution in [3.8, 4) is 11.1 Å². The highest BCUT2D eigenvalue weighted by molar-refractivity contribution is 5.95. The average Bonchev–Trinajstić information content (AvgIpc) is 2.88. The van der Waals surface area contributed by atoms with Crippen LogP contribution in [0.4, 0.5) is 11.4 Å². The summed E-state index contributed by atoms with van der Waals surface area (Å²) in [7, 11) is 4.11. The van der Waals surface area contributed by atoms with Gasteiger partial charge < -0.3 is 9.80 Å². The molecule has 0 aliphatic heterocycles. The Hall–Kier alpha value is -3.33. The van der Waals surface area contributed by atoms with Gasteiger partial charge in [0.1, 0.15) is 0 Å². The van der Waals surface area contributed by atoms with Gasteiger partial charge in [0.2, 0.25) is 5.91 Å². The lowest BCUT2D eigenvalue weighted by molar-refractivity contribution is -0.123. The van der Waals surface area contributed by atoms with E-state index in [2.05, 4.69) is 91.8 Å². The predicted octanol–water partition coefficient (Wildman–Crippen LogP) is 7.57. The first kappa shape index (κ1) is 23.8. The van der Waals surface area contributed by atoms with Crippen LogP contribution in [0.5, 0.6) is 0 Å². The minimum atomic E-state index is 0.133. The lowest BCUT2D eigenvalue weighted by Gasteiger charge is -2.30. The van der Waals surface area contributed by atoms with Gasteiger partial charge in [0, 0.05) is 31.4 Å². The third kappa shape index (κ3) is 5.77. The summed E-state index contributed by atoms with van der Waals surface area (Å²) < 4.78 is 0. The van der Waals surface area contributed by atoms with Crippen LogP contribution in [0.25, 0.3) is 17.2 Å². The summed E-state index contributed by atoms with van der Waals surface area (Å²) in [4.78, 5) is 17.8. The average molecular weight is 453 g/mol. The van der Waals surface area contributed by atoms with E-state index in [0.29, 0.717) is 6.54 Å². The zero-order chi connectivity index (χ0) is 23.9. The molecule has 176 valence electrons. The molecule has 0 aromatic heterocycles. The molecule has 0 spiro atoms. The molecule has 0 unspecified atom stereocenters. The molecule has 3 aromatic rings. The number of carbonyl (C=O) groups excluding carboxylic acids is 1. The van der Waals surface area contributed by atoms with Gasteiger partial charge in [-0.25, -0.2) is 0 Å². The Morgan fingerprint density at radius 2 is 1.50 bits per heavy atom. The topological polar surface area (TPSA) is 23.6 Å². The van der Waals surface area contributed by atoms with Crippen LogP contribution < -0.4 is 9.80 Å². The van der Waals surface area contributed by atoms with Crippen LogP contribution in [0.1, 0.15) is 50.2 Å². The molecule has 0 saturated heterocycles. The Bertz CT molecular complexity index is 1110. The van der Waals surface area contributed by atoms with Gasteiger partial charge in [0.05, 0.1) is 6.54 Å². The molecule has 4 rings (SSSR count). The SMILES string of the molecule is C/C=C/c1cccc(N(Cc2ccc(-c3ccc(N(C)C)cc3)cc2)C(=O)C2CCCCC2)c1. The summed E-state index contributed by atoms with van der Waals surface area (Å²) in [5.74, 6) is 0.397. The largest absolute Gasteiger partial charge is 0.378 e. The van der Waals surface area contributed by atoms with Crippen LogP contribution >= 0.6 is 0 Å². The van der Waals surface area contributed by atoms with E-state index in [-0.39, 0.29) is 11.8 Å². The quantitative estimate of drug-likeness (QED) is 0.369. The minimum Gasteiger partial charge on any atom is -0.378 e. The highest BCUT2D eigenvalue weighted by Crippen LogP contribution is 2.30. The normalized spacial score (nSPS) is 14.3. The summed E-state index contributed by atoms with van der Waals surface area (Å²) in [5.41, 5.74) is 6.83. The van der Waals surface area contributed by atoms with Gasteiger partial charge in [0.25, 0.3) is 0 Å². The monoisotopic (exact) mass is 452 g/mol. The molecule has 3 heteroatoms. The molecule has 0 bridgehead atoms. The van der Waals surface area contributed by atoms with Gasteiger partial charge >= 0.3 is 0 Å². The molecule has 1 amide bonds. The fraction of sp³-hybridized carbons (Fsp3) is 0.323. The summed E-state index contributed by atoms with van der Waals surface area (Å²) in [6, 6.07) is 25.6. The van der Waals surface area contributed by atoms with E-state index >= 15 is 0 Å². The van der Waals surface area contributed by atoms with Crippen molar-refractivity contribution in [3.05, 3.63) is 90.0 Å². The van der Waals surface area contributed by atoms with E-state index < -0.39 is 0 Å². The van der Waals surface area contributed by atoms with Crippen LogP contribution in [0.3, 0.4) is 0 Å². The number of carbonyl (C=O) groups is 1. The van der Waals surface area contributed by atoms with E-state index in [9.17, 15) is 4.79 Å². The first-order valence-corrected chi connectivity index (χ1v) is 12.5. The number of rotatable bonds is 7. The zero-order valence-corrected chi connectivity index (χ0v) is 20.7. The van der Waals surface area contributed by atoms with E-state index in [1.807, 2.05) is 24.0 Å². The van der Waals surface area contributed by atoms with Crippen LogP contribution in [0.2, 0.25) is 0 Å². The van der Waals surface area contributed by atoms with E-state index in [4.69, 9.17) is 0 Å². The molecule has 1 aliphatic carbocycles. The second-order valence-electron chi connectivity index (χ2n) is 9.49. The molecule has 0 N–H and O–H groups in total. The molecule has 3 nitrogen and oxygen atoms in total. The lowest BCUT2D eigenvalue weighted by Crippen LogP contribution is -2.36. The maximum Gasteiger partial charge on any atom is 0.230 e. The Kier molecular flexibility index (Phi) is 7.84. The number of nitrogens with zero attached hydrogens (tertiary/aromatic N) is 2. The summed E-state index contributed by atoms with van der Waals surface area (Å²) in [6.07, 6.45) is 9.70. The van der Waals surface area contributed by atoms with Crippen molar-refractivity contribution in [1.29, 1.82) is 0 Å². The van der Waals surface area contributed by atoms with Gasteiger partial charge in [-0.15, -0.1) is 0 Å². The Morgan fingerprint density at radius 3 is 2.12 bits per heavy atom.